The van der Waals surface area contributed by atoms with Crippen LogP contribution in [0, 0.1) is 0 Å². The Kier molecular flexibility index (Phi) is 4.89. The van der Waals surface area contributed by atoms with Gasteiger partial charge in [0.05, 0.1) is 4.90 Å². The third kappa shape index (κ3) is 4.40. The SMILES string of the molecule is CS(=O)(=O)c1cc(Br)cc(C(N)CCC(=O)O)c1. The van der Waals surface area contributed by atoms with Crippen LogP contribution in [0.2, 0.25) is 0 Å². The van der Waals surface area contributed by atoms with Gasteiger partial charge < -0.3 is 10.8 Å². The van der Waals surface area contributed by atoms with Gasteiger partial charge in [0, 0.05) is 23.2 Å². The summed E-state index contributed by atoms with van der Waals surface area (Å²) in [5.41, 5.74) is 6.45. The lowest BCUT2D eigenvalue weighted by Crippen LogP contribution is -2.13. The Bertz CT molecular complexity index is 556. The van der Waals surface area contributed by atoms with Crippen LogP contribution in [0.15, 0.2) is 27.6 Å². The van der Waals surface area contributed by atoms with E-state index in [2.05, 4.69) is 15.9 Å². The van der Waals surface area contributed by atoms with E-state index in [1.165, 1.54) is 12.1 Å². The lowest BCUT2D eigenvalue weighted by molar-refractivity contribution is -0.137. The molecule has 1 unspecified atom stereocenters. The summed E-state index contributed by atoms with van der Waals surface area (Å²) in [7, 11) is -3.31. The van der Waals surface area contributed by atoms with Crippen LogP contribution < -0.4 is 5.73 Å². The van der Waals surface area contributed by atoms with Crippen molar-refractivity contribution in [1.29, 1.82) is 0 Å². The van der Waals surface area contributed by atoms with Crippen LogP contribution in [0.1, 0.15) is 24.4 Å². The van der Waals surface area contributed by atoms with Crippen LogP contribution in [0.4, 0.5) is 0 Å². The first-order valence-corrected chi connectivity index (χ1v) is 7.86. The van der Waals surface area contributed by atoms with E-state index in [0.29, 0.717) is 10.0 Å². The number of aliphatic carboxylic acids is 1. The number of nitrogens with two attached hydrogens (primary N) is 1. The second-order valence-corrected chi connectivity index (χ2v) is 6.96. The zero-order chi connectivity index (χ0) is 13.9. The van der Waals surface area contributed by atoms with E-state index in [4.69, 9.17) is 10.8 Å². The predicted octanol–water partition coefficient (Wildman–Crippen LogP) is 1.72. The fourth-order valence-corrected chi connectivity index (χ4v) is 2.81. The van der Waals surface area contributed by atoms with Gasteiger partial charge in [-0.05, 0) is 30.2 Å². The highest BCUT2D eigenvalue weighted by Crippen LogP contribution is 2.24. The van der Waals surface area contributed by atoms with Gasteiger partial charge in [0.1, 0.15) is 0 Å². The fourth-order valence-electron chi connectivity index (χ4n) is 1.46. The normalized spacial score (nSPS) is 13.3. The van der Waals surface area contributed by atoms with E-state index in [9.17, 15) is 13.2 Å². The molecule has 0 fully saturated rings. The first-order chi connectivity index (χ1) is 8.20. The molecule has 0 heterocycles. The molecule has 1 rings (SSSR count). The van der Waals surface area contributed by atoms with Crippen LogP contribution in [0.3, 0.4) is 0 Å². The number of sulfone groups is 1. The van der Waals surface area contributed by atoms with Crippen LogP contribution in [-0.2, 0) is 14.6 Å². The van der Waals surface area contributed by atoms with E-state index >= 15 is 0 Å². The number of hydrogen-bond donors (Lipinski definition) is 2. The van der Waals surface area contributed by atoms with Crippen molar-refractivity contribution in [1.82, 2.24) is 0 Å². The maximum absolute atomic E-state index is 11.5. The van der Waals surface area contributed by atoms with E-state index in [1.54, 1.807) is 6.07 Å². The number of carboxylic acid groups (broad SMARTS) is 1. The van der Waals surface area contributed by atoms with E-state index in [0.717, 1.165) is 6.26 Å². The quantitative estimate of drug-likeness (QED) is 0.853. The van der Waals surface area contributed by atoms with Crippen LogP contribution >= 0.6 is 15.9 Å². The molecule has 18 heavy (non-hydrogen) atoms. The maximum Gasteiger partial charge on any atom is 0.303 e. The number of carbonyl (C=O) groups is 1. The number of halogens is 1. The molecule has 0 amide bonds. The highest BCUT2D eigenvalue weighted by Gasteiger charge is 2.14. The summed E-state index contributed by atoms with van der Waals surface area (Å²) in [5, 5.41) is 8.59. The Hall–Kier alpha value is -0.920. The summed E-state index contributed by atoms with van der Waals surface area (Å²) in [6.07, 6.45) is 1.32. The average molecular weight is 336 g/mol. The third-order valence-corrected chi connectivity index (χ3v) is 3.97. The summed E-state index contributed by atoms with van der Waals surface area (Å²) < 4.78 is 23.5. The van der Waals surface area contributed by atoms with Crippen molar-refractivity contribution in [3.8, 4) is 0 Å². The molecule has 1 aromatic carbocycles. The fraction of sp³-hybridized carbons (Fsp3) is 0.364. The summed E-state index contributed by atoms with van der Waals surface area (Å²) in [6, 6.07) is 4.16. The maximum atomic E-state index is 11.5. The number of rotatable bonds is 5. The summed E-state index contributed by atoms with van der Waals surface area (Å²) in [6.45, 7) is 0. The Balaban J connectivity index is 3.03. The first kappa shape index (κ1) is 15.1. The molecule has 0 radical (unpaired) electrons. The smallest absolute Gasteiger partial charge is 0.303 e. The zero-order valence-electron chi connectivity index (χ0n) is 9.76. The van der Waals surface area contributed by atoms with Crippen LogP contribution in [0.25, 0.3) is 0 Å². The van der Waals surface area contributed by atoms with Gasteiger partial charge in [-0.3, -0.25) is 4.79 Å². The van der Waals surface area contributed by atoms with Crippen LogP contribution in [-0.4, -0.2) is 25.7 Å². The standard InChI is InChI=1S/C11H14BrNO4S/c1-18(16,17)9-5-7(4-8(12)6-9)10(13)2-3-11(14)15/h4-6,10H,2-3,13H2,1H3,(H,14,15). The molecule has 1 aromatic rings. The Morgan fingerprint density at radius 1 is 1.44 bits per heavy atom. The summed E-state index contributed by atoms with van der Waals surface area (Å²) >= 11 is 3.22. The molecule has 0 spiro atoms. The molecule has 0 saturated heterocycles. The molecule has 0 aliphatic heterocycles. The molecule has 7 heteroatoms. The number of hydrogen-bond acceptors (Lipinski definition) is 4. The molecule has 3 N–H and O–H groups in total. The molecule has 0 saturated carbocycles. The average Bonchev–Trinajstić information content (AvgIpc) is 2.23. The van der Waals surface area contributed by atoms with Crippen molar-refractivity contribution >= 4 is 31.7 Å². The largest absolute Gasteiger partial charge is 0.481 e. The third-order valence-electron chi connectivity index (χ3n) is 2.42. The summed E-state index contributed by atoms with van der Waals surface area (Å²) in [4.78, 5) is 10.6. The molecule has 1 atom stereocenters. The zero-order valence-corrected chi connectivity index (χ0v) is 12.2. The highest BCUT2D eigenvalue weighted by atomic mass is 79.9. The topological polar surface area (TPSA) is 97.5 Å². The van der Waals surface area contributed by atoms with Gasteiger partial charge in [-0.2, -0.15) is 0 Å². The highest BCUT2D eigenvalue weighted by molar-refractivity contribution is 9.10. The Labute approximate surface area is 114 Å². The minimum atomic E-state index is -3.31. The van der Waals surface area contributed by atoms with Gasteiger partial charge in [0.15, 0.2) is 9.84 Å². The van der Waals surface area contributed by atoms with E-state index in [-0.39, 0.29) is 17.7 Å². The molecule has 5 nitrogen and oxygen atoms in total. The molecule has 0 aliphatic rings. The molecular weight excluding hydrogens is 322 g/mol. The molecular formula is C11H14BrNO4S. The van der Waals surface area contributed by atoms with Gasteiger partial charge in [-0.25, -0.2) is 8.42 Å². The van der Waals surface area contributed by atoms with E-state index < -0.39 is 21.8 Å². The van der Waals surface area contributed by atoms with Gasteiger partial charge in [0.25, 0.3) is 0 Å². The summed E-state index contributed by atoms with van der Waals surface area (Å²) in [5.74, 6) is -0.927. The van der Waals surface area contributed by atoms with Crippen molar-refractivity contribution in [2.45, 2.75) is 23.8 Å². The number of carboxylic acids is 1. The molecule has 0 aliphatic carbocycles. The minimum absolute atomic E-state index is 0.0537. The van der Waals surface area contributed by atoms with Gasteiger partial charge in [0.2, 0.25) is 0 Å². The lowest BCUT2D eigenvalue weighted by atomic mass is 10.0. The van der Waals surface area contributed by atoms with E-state index in [1.807, 2.05) is 0 Å². The van der Waals surface area contributed by atoms with Gasteiger partial charge in [-0.15, -0.1) is 0 Å². The second-order valence-electron chi connectivity index (χ2n) is 4.03. The number of benzene rings is 1. The molecule has 0 bridgehead atoms. The van der Waals surface area contributed by atoms with Gasteiger partial charge in [-0.1, -0.05) is 15.9 Å². The van der Waals surface area contributed by atoms with Crippen molar-refractivity contribution in [2.75, 3.05) is 6.26 Å². The minimum Gasteiger partial charge on any atom is -0.481 e. The second kappa shape index (κ2) is 5.81. The van der Waals surface area contributed by atoms with Crippen molar-refractivity contribution < 1.29 is 18.3 Å². The Morgan fingerprint density at radius 3 is 2.56 bits per heavy atom. The van der Waals surface area contributed by atoms with Crippen molar-refractivity contribution in [3.63, 3.8) is 0 Å². The Morgan fingerprint density at radius 2 is 2.06 bits per heavy atom. The van der Waals surface area contributed by atoms with Crippen molar-refractivity contribution in [2.24, 2.45) is 5.73 Å². The molecule has 100 valence electrons. The van der Waals surface area contributed by atoms with Gasteiger partial charge >= 0.3 is 5.97 Å². The first-order valence-electron chi connectivity index (χ1n) is 5.18. The molecule has 0 aromatic heterocycles. The van der Waals surface area contributed by atoms with Crippen molar-refractivity contribution in [3.05, 3.63) is 28.2 Å². The monoisotopic (exact) mass is 335 g/mol. The van der Waals surface area contributed by atoms with Crippen LogP contribution in [0.5, 0.6) is 0 Å². The predicted molar refractivity (Wildman–Crippen MR) is 71.1 cm³/mol. The lowest BCUT2D eigenvalue weighted by Gasteiger charge is -2.12.